The number of ether oxygens (including phenoxy) is 1. The van der Waals surface area contributed by atoms with Crippen molar-refractivity contribution in [3.63, 3.8) is 0 Å². The Labute approximate surface area is 120 Å². The number of rotatable bonds is 5. The third kappa shape index (κ3) is 3.20. The summed E-state index contributed by atoms with van der Waals surface area (Å²) in [7, 11) is 1.92. The lowest BCUT2D eigenvalue weighted by Crippen LogP contribution is -2.22. The van der Waals surface area contributed by atoms with Gasteiger partial charge >= 0.3 is 0 Å². The molecule has 1 aromatic heterocycles. The van der Waals surface area contributed by atoms with Crippen LogP contribution in [0.4, 0.5) is 0 Å². The van der Waals surface area contributed by atoms with Gasteiger partial charge in [0.2, 0.25) is 5.88 Å². The van der Waals surface area contributed by atoms with Crippen LogP contribution in [0.25, 0.3) is 0 Å². The van der Waals surface area contributed by atoms with Crippen LogP contribution in [0, 0.1) is 13.8 Å². The molecular formula is C16H23N3O. The van der Waals surface area contributed by atoms with E-state index in [0.29, 0.717) is 6.04 Å². The smallest absolute Gasteiger partial charge is 0.222 e. The minimum Gasteiger partial charge on any atom is -0.439 e. The molecule has 1 aromatic carbocycles. The van der Waals surface area contributed by atoms with E-state index in [1.54, 1.807) is 4.68 Å². The van der Waals surface area contributed by atoms with Crippen LogP contribution in [-0.2, 0) is 13.6 Å². The van der Waals surface area contributed by atoms with Crippen molar-refractivity contribution >= 4 is 0 Å². The van der Waals surface area contributed by atoms with Crippen molar-refractivity contribution in [1.82, 2.24) is 15.1 Å². The maximum atomic E-state index is 6.08. The summed E-state index contributed by atoms with van der Waals surface area (Å²) >= 11 is 0. The van der Waals surface area contributed by atoms with Crippen molar-refractivity contribution in [3.05, 3.63) is 41.1 Å². The zero-order chi connectivity index (χ0) is 14.7. The summed E-state index contributed by atoms with van der Waals surface area (Å²) in [5.41, 5.74) is 3.24. The van der Waals surface area contributed by atoms with Crippen molar-refractivity contribution in [3.8, 4) is 11.6 Å². The second-order valence-corrected chi connectivity index (χ2v) is 5.40. The van der Waals surface area contributed by atoms with Crippen LogP contribution in [0.1, 0.15) is 30.7 Å². The number of benzene rings is 1. The Bertz CT molecular complexity index is 587. The lowest BCUT2D eigenvalue weighted by atomic mass is 10.2. The first-order valence-corrected chi connectivity index (χ1v) is 6.98. The van der Waals surface area contributed by atoms with E-state index in [9.17, 15) is 0 Å². The molecule has 0 aliphatic carbocycles. The average Bonchev–Trinajstić information content (AvgIpc) is 2.64. The molecule has 0 fully saturated rings. The SMILES string of the molecule is Cc1ccccc1Oc1c(CNC(C)C)c(C)nn1C. The average molecular weight is 273 g/mol. The number of nitrogens with one attached hydrogen (secondary N) is 1. The minimum absolute atomic E-state index is 0.431. The van der Waals surface area contributed by atoms with E-state index in [4.69, 9.17) is 4.74 Å². The maximum absolute atomic E-state index is 6.08. The van der Waals surface area contributed by atoms with Crippen LogP contribution in [0.2, 0.25) is 0 Å². The van der Waals surface area contributed by atoms with Gasteiger partial charge in [0.1, 0.15) is 5.75 Å². The van der Waals surface area contributed by atoms with Crippen LogP contribution in [0.3, 0.4) is 0 Å². The Morgan fingerprint density at radius 3 is 2.60 bits per heavy atom. The molecule has 2 aromatic rings. The zero-order valence-electron chi connectivity index (χ0n) is 12.9. The molecule has 1 heterocycles. The molecule has 0 radical (unpaired) electrons. The second kappa shape index (κ2) is 6.09. The number of hydrogen-bond acceptors (Lipinski definition) is 3. The van der Waals surface area contributed by atoms with Gasteiger partial charge in [-0.1, -0.05) is 32.0 Å². The summed E-state index contributed by atoms with van der Waals surface area (Å²) in [4.78, 5) is 0. The standard InChI is InChI=1S/C16H23N3O/c1-11(2)17-10-14-13(4)18-19(5)16(14)20-15-9-7-6-8-12(15)3/h6-9,11,17H,10H2,1-5H3. The number of nitrogens with zero attached hydrogens (tertiary/aromatic N) is 2. The van der Waals surface area contributed by atoms with Crippen LogP contribution in [0.15, 0.2) is 24.3 Å². The highest BCUT2D eigenvalue weighted by Crippen LogP contribution is 2.29. The molecule has 0 atom stereocenters. The molecule has 4 heteroatoms. The van der Waals surface area contributed by atoms with Crippen molar-refractivity contribution in [1.29, 1.82) is 0 Å². The highest BCUT2D eigenvalue weighted by molar-refractivity contribution is 5.39. The molecule has 0 bridgehead atoms. The third-order valence-electron chi connectivity index (χ3n) is 3.28. The molecule has 1 N–H and O–H groups in total. The third-order valence-corrected chi connectivity index (χ3v) is 3.28. The largest absolute Gasteiger partial charge is 0.439 e. The zero-order valence-corrected chi connectivity index (χ0v) is 12.9. The van der Waals surface area contributed by atoms with Crippen molar-refractivity contribution in [2.75, 3.05) is 0 Å². The van der Waals surface area contributed by atoms with E-state index in [1.165, 1.54) is 0 Å². The fourth-order valence-electron chi connectivity index (χ4n) is 2.09. The molecule has 0 aliphatic rings. The minimum atomic E-state index is 0.431. The number of para-hydroxylation sites is 1. The Morgan fingerprint density at radius 1 is 1.25 bits per heavy atom. The quantitative estimate of drug-likeness (QED) is 0.908. The van der Waals surface area contributed by atoms with Crippen LogP contribution >= 0.6 is 0 Å². The molecule has 4 nitrogen and oxygen atoms in total. The topological polar surface area (TPSA) is 39.1 Å². The predicted octanol–water partition coefficient (Wildman–Crippen LogP) is 3.33. The molecular weight excluding hydrogens is 250 g/mol. The van der Waals surface area contributed by atoms with Crippen LogP contribution in [-0.4, -0.2) is 15.8 Å². The Balaban J connectivity index is 2.29. The first-order valence-electron chi connectivity index (χ1n) is 6.98. The van der Waals surface area contributed by atoms with Gasteiger partial charge in [-0.05, 0) is 25.5 Å². The Kier molecular flexibility index (Phi) is 4.45. The molecule has 0 saturated heterocycles. The lowest BCUT2D eigenvalue weighted by Gasteiger charge is -2.12. The summed E-state index contributed by atoms with van der Waals surface area (Å²) in [6.07, 6.45) is 0. The highest BCUT2D eigenvalue weighted by atomic mass is 16.5. The summed E-state index contributed by atoms with van der Waals surface area (Å²) in [5.74, 6) is 1.69. The Morgan fingerprint density at radius 2 is 1.95 bits per heavy atom. The van der Waals surface area contributed by atoms with Crippen LogP contribution < -0.4 is 10.1 Å². The molecule has 0 amide bonds. The second-order valence-electron chi connectivity index (χ2n) is 5.40. The summed E-state index contributed by atoms with van der Waals surface area (Å²) in [6.45, 7) is 9.09. The predicted molar refractivity (Wildman–Crippen MR) is 81.2 cm³/mol. The normalized spacial score (nSPS) is 11.1. The summed E-state index contributed by atoms with van der Waals surface area (Å²) < 4.78 is 7.89. The van der Waals surface area contributed by atoms with E-state index < -0.39 is 0 Å². The highest BCUT2D eigenvalue weighted by Gasteiger charge is 2.16. The maximum Gasteiger partial charge on any atom is 0.222 e. The van der Waals surface area contributed by atoms with Gasteiger partial charge in [-0.15, -0.1) is 0 Å². The van der Waals surface area contributed by atoms with Gasteiger partial charge in [0.25, 0.3) is 0 Å². The first-order chi connectivity index (χ1) is 9.49. The molecule has 0 aliphatic heterocycles. The van der Waals surface area contributed by atoms with Crippen LogP contribution in [0.5, 0.6) is 11.6 Å². The van der Waals surface area contributed by atoms with Gasteiger partial charge in [-0.25, -0.2) is 4.68 Å². The van der Waals surface area contributed by atoms with Crippen molar-refractivity contribution in [2.45, 2.75) is 40.3 Å². The van der Waals surface area contributed by atoms with Gasteiger partial charge in [-0.3, -0.25) is 0 Å². The van der Waals surface area contributed by atoms with Gasteiger partial charge < -0.3 is 10.1 Å². The summed E-state index contributed by atoms with van der Waals surface area (Å²) in [5, 5.41) is 7.89. The van der Waals surface area contributed by atoms with E-state index in [-0.39, 0.29) is 0 Å². The van der Waals surface area contributed by atoms with Crippen molar-refractivity contribution in [2.24, 2.45) is 7.05 Å². The monoisotopic (exact) mass is 273 g/mol. The molecule has 108 valence electrons. The first kappa shape index (κ1) is 14.6. The lowest BCUT2D eigenvalue weighted by molar-refractivity contribution is 0.420. The van der Waals surface area contributed by atoms with E-state index >= 15 is 0 Å². The van der Waals surface area contributed by atoms with Gasteiger partial charge in [0.15, 0.2) is 0 Å². The van der Waals surface area contributed by atoms with E-state index in [1.807, 2.05) is 45.2 Å². The fourth-order valence-corrected chi connectivity index (χ4v) is 2.09. The molecule has 2 rings (SSSR count). The van der Waals surface area contributed by atoms with Gasteiger partial charge in [0.05, 0.1) is 11.3 Å². The van der Waals surface area contributed by atoms with E-state index in [2.05, 4.69) is 24.3 Å². The van der Waals surface area contributed by atoms with E-state index in [0.717, 1.165) is 35.0 Å². The molecule has 0 spiro atoms. The molecule has 0 unspecified atom stereocenters. The van der Waals surface area contributed by atoms with Crippen molar-refractivity contribution < 1.29 is 4.74 Å². The molecule has 20 heavy (non-hydrogen) atoms. The van der Waals surface area contributed by atoms with Gasteiger partial charge in [-0.2, -0.15) is 5.10 Å². The number of aryl methyl sites for hydroxylation is 3. The number of aromatic nitrogens is 2. The summed E-state index contributed by atoms with van der Waals surface area (Å²) in [6, 6.07) is 8.46. The number of hydrogen-bond donors (Lipinski definition) is 1. The fraction of sp³-hybridized carbons (Fsp3) is 0.438. The molecule has 0 saturated carbocycles. The Hall–Kier alpha value is -1.81. The van der Waals surface area contributed by atoms with Gasteiger partial charge in [0, 0.05) is 19.6 Å².